The van der Waals surface area contributed by atoms with Gasteiger partial charge < -0.3 is 25.4 Å². The van der Waals surface area contributed by atoms with Crippen LogP contribution < -0.4 is 5.73 Å². The first-order valence-corrected chi connectivity index (χ1v) is 12.4. The highest BCUT2D eigenvalue weighted by atomic mass is 16.7. The van der Waals surface area contributed by atoms with Gasteiger partial charge >= 0.3 is 0 Å². The summed E-state index contributed by atoms with van der Waals surface area (Å²) in [4.78, 5) is 2.27. The van der Waals surface area contributed by atoms with Gasteiger partial charge in [-0.2, -0.15) is 0 Å². The summed E-state index contributed by atoms with van der Waals surface area (Å²) in [5, 5.41) is 19.4. The zero-order valence-corrected chi connectivity index (χ0v) is 19.9. The summed E-state index contributed by atoms with van der Waals surface area (Å²) < 4.78 is 12.9. The minimum Gasteiger partial charge on any atom is -0.392 e. The van der Waals surface area contributed by atoms with Crippen LogP contribution in [-0.4, -0.2) is 47.0 Å². The highest BCUT2D eigenvalue weighted by molar-refractivity contribution is 5.67. The molecule has 4 atom stereocenters. The number of hydrogen-bond donors (Lipinski definition) is 3. The lowest BCUT2D eigenvalue weighted by Crippen LogP contribution is -2.38. The van der Waals surface area contributed by atoms with Crippen LogP contribution in [0.5, 0.6) is 0 Å². The molecule has 0 amide bonds. The molecular formula is C29H34N2O4. The third-order valence-electron chi connectivity index (χ3n) is 7.06. The van der Waals surface area contributed by atoms with Gasteiger partial charge in [-0.15, -0.1) is 0 Å². The highest BCUT2D eigenvalue weighted by Gasteiger charge is 2.34. The summed E-state index contributed by atoms with van der Waals surface area (Å²) in [5.41, 5.74) is 12.2. The Labute approximate surface area is 206 Å². The summed E-state index contributed by atoms with van der Waals surface area (Å²) >= 11 is 0. The number of nitrogens with zero attached hydrogens (tertiary/aromatic N) is 1. The van der Waals surface area contributed by atoms with Crippen LogP contribution >= 0.6 is 0 Å². The Hall–Kier alpha value is -2.58. The molecule has 5 rings (SSSR count). The number of nitrogens with two attached hydrogens (primary N) is 1. The Balaban J connectivity index is 1.37. The van der Waals surface area contributed by atoms with Crippen molar-refractivity contribution in [1.29, 1.82) is 0 Å². The van der Waals surface area contributed by atoms with E-state index in [4.69, 9.17) is 15.2 Å². The maximum Gasteiger partial charge on any atom is 0.184 e. The van der Waals surface area contributed by atoms with Crippen molar-refractivity contribution in [2.75, 3.05) is 19.6 Å². The van der Waals surface area contributed by atoms with Crippen LogP contribution in [0, 0.1) is 0 Å². The van der Waals surface area contributed by atoms with Crippen molar-refractivity contribution in [1.82, 2.24) is 4.90 Å². The van der Waals surface area contributed by atoms with Gasteiger partial charge in [0, 0.05) is 38.2 Å². The van der Waals surface area contributed by atoms with Crippen LogP contribution in [0.25, 0.3) is 11.1 Å². The summed E-state index contributed by atoms with van der Waals surface area (Å²) in [6, 6.07) is 24.5. The predicted molar refractivity (Wildman–Crippen MR) is 135 cm³/mol. The van der Waals surface area contributed by atoms with Crippen LogP contribution in [0.15, 0.2) is 72.8 Å². The predicted octanol–water partition coefficient (Wildman–Crippen LogP) is 3.92. The van der Waals surface area contributed by atoms with Gasteiger partial charge in [0.15, 0.2) is 6.29 Å². The molecule has 0 spiro atoms. The smallest absolute Gasteiger partial charge is 0.184 e. The van der Waals surface area contributed by atoms with Gasteiger partial charge in [0.1, 0.15) is 0 Å². The molecule has 3 aromatic rings. The molecule has 4 N–H and O–H groups in total. The minimum absolute atomic E-state index is 0.0146. The molecule has 0 aliphatic carbocycles. The lowest BCUT2D eigenvalue weighted by molar-refractivity contribution is -0.252. The van der Waals surface area contributed by atoms with E-state index in [2.05, 4.69) is 41.3 Å². The van der Waals surface area contributed by atoms with Crippen LogP contribution in [0.4, 0.5) is 0 Å². The van der Waals surface area contributed by atoms with Gasteiger partial charge in [0.25, 0.3) is 0 Å². The number of β-amino-alcohol motifs (C(OH)–C–C–N with tert-alkyl or cyclic N) is 1. The largest absolute Gasteiger partial charge is 0.392 e. The number of likely N-dealkylation sites (tertiary alicyclic amines) is 1. The molecule has 0 saturated carbocycles. The highest BCUT2D eigenvalue weighted by Crippen LogP contribution is 2.39. The first-order chi connectivity index (χ1) is 17.1. The molecule has 6 nitrogen and oxygen atoms in total. The van der Waals surface area contributed by atoms with E-state index in [1.807, 2.05) is 36.4 Å². The molecule has 35 heavy (non-hydrogen) atoms. The lowest BCUT2D eigenvalue weighted by atomic mass is 9.97. The molecule has 4 unspecified atom stereocenters. The summed E-state index contributed by atoms with van der Waals surface area (Å²) in [5.74, 6) is 0. The van der Waals surface area contributed by atoms with Crippen LogP contribution in [-0.2, 0) is 22.6 Å². The van der Waals surface area contributed by atoms with E-state index in [1.54, 1.807) is 0 Å². The van der Waals surface area contributed by atoms with Crippen LogP contribution in [0.3, 0.4) is 0 Å². The van der Waals surface area contributed by atoms with Crippen LogP contribution in [0.2, 0.25) is 0 Å². The molecular weight excluding hydrogens is 440 g/mol. The van der Waals surface area contributed by atoms with Crippen LogP contribution in [0.1, 0.15) is 47.5 Å². The van der Waals surface area contributed by atoms with Crippen molar-refractivity contribution in [2.45, 2.75) is 50.6 Å². The van der Waals surface area contributed by atoms with Crippen molar-refractivity contribution in [3.8, 4) is 11.1 Å². The SMILES string of the molecule is NCc1ccccc1-c1ccc(C2OC(CN3CCC(O)C3)CC(c3ccc(CO)cc3)O2)cc1. The van der Waals surface area contributed by atoms with Gasteiger partial charge in [-0.1, -0.05) is 72.8 Å². The first-order valence-electron chi connectivity index (χ1n) is 12.4. The van der Waals surface area contributed by atoms with Gasteiger partial charge in [-0.05, 0) is 34.2 Å². The Morgan fingerprint density at radius 2 is 1.66 bits per heavy atom. The van der Waals surface area contributed by atoms with Crippen molar-refractivity contribution in [2.24, 2.45) is 5.73 Å². The lowest BCUT2D eigenvalue weighted by Gasteiger charge is -2.38. The molecule has 0 radical (unpaired) electrons. The van der Waals surface area contributed by atoms with E-state index in [-0.39, 0.29) is 24.9 Å². The molecule has 6 heteroatoms. The van der Waals surface area contributed by atoms with Gasteiger partial charge in [-0.25, -0.2) is 0 Å². The fraction of sp³-hybridized carbons (Fsp3) is 0.379. The number of aliphatic hydroxyl groups excluding tert-OH is 2. The Morgan fingerprint density at radius 1 is 0.914 bits per heavy atom. The van der Waals surface area contributed by atoms with E-state index in [0.717, 1.165) is 59.3 Å². The number of aliphatic hydroxyl groups is 2. The second kappa shape index (κ2) is 11.0. The zero-order valence-electron chi connectivity index (χ0n) is 19.9. The van der Waals surface area contributed by atoms with E-state index >= 15 is 0 Å². The maximum atomic E-state index is 9.96. The fourth-order valence-corrected chi connectivity index (χ4v) is 5.10. The zero-order chi connectivity index (χ0) is 24.2. The summed E-state index contributed by atoms with van der Waals surface area (Å²) in [7, 11) is 0. The molecule has 2 saturated heterocycles. The molecule has 2 aliphatic rings. The number of hydrogen-bond acceptors (Lipinski definition) is 6. The molecule has 0 aromatic heterocycles. The maximum absolute atomic E-state index is 9.96. The first kappa shape index (κ1) is 24.1. The second-order valence-corrected chi connectivity index (χ2v) is 9.54. The minimum atomic E-state index is -0.484. The van der Waals surface area contributed by atoms with Gasteiger partial charge in [0.2, 0.25) is 0 Å². The van der Waals surface area contributed by atoms with Crippen molar-refractivity contribution >= 4 is 0 Å². The average molecular weight is 475 g/mol. The average Bonchev–Trinajstić information content (AvgIpc) is 3.32. The second-order valence-electron chi connectivity index (χ2n) is 9.54. The number of rotatable bonds is 7. The fourth-order valence-electron chi connectivity index (χ4n) is 5.10. The molecule has 2 fully saturated rings. The van der Waals surface area contributed by atoms with E-state index < -0.39 is 6.29 Å². The summed E-state index contributed by atoms with van der Waals surface area (Å²) in [6.45, 7) is 2.87. The molecule has 3 aromatic carbocycles. The quantitative estimate of drug-likeness (QED) is 0.481. The Bertz CT molecular complexity index is 1100. The van der Waals surface area contributed by atoms with Crippen molar-refractivity contribution in [3.05, 3.63) is 95.1 Å². The third-order valence-corrected chi connectivity index (χ3v) is 7.06. The van der Waals surface area contributed by atoms with Crippen molar-refractivity contribution < 1.29 is 19.7 Å². The van der Waals surface area contributed by atoms with Gasteiger partial charge in [0.05, 0.1) is 24.9 Å². The summed E-state index contributed by atoms with van der Waals surface area (Å²) in [6.07, 6.45) is 0.684. The Morgan fingerprint density at radius 3 is 2.34 bits per heavy atom. The number of ether oxygens (including phenoxy) is 2. The molecule has 0 bridgehead atoms. The molecule has 184 valence electrons. The van der Waals surface area contributed by atoms with E-state index in [9.17, 15) is 10.2 Å². The normalized spacial score (nSPS) is 25.1. The van der Waals surface area contributed by atoms with E-state index in [1.165, 1.54) is 0 Å². The monoisotopic (exact) mass is 474 g/mol. The van der Waals surface area contributed by atoms with Crippen molar-refractivity contribution in [3.63, 3.8) is 0 Å². The van der Waals surface area contributed by atoms with Gasteiger partial charge in [-0.3, -0.25) is 4.90 Å². The third kappa shape index (κ3) is 5.64. The number of benzene rings is 3. The van der Waals surface area contributed by atoms with E-state index in [0.29, 0.717) is 13.1 Å². The molecule has 2 heterocycles. The Kier molecular flexibility index (Phi) is 7.58. The standard InChI is InChI=1S/C29H34N2O4/c30-16-24-3-1-2-4-27(24)21-9-11-23(12-10-21)29-34-26(18-31-14-13-25(33)17-31)15-28(35-29)22-7-5-20(19-32)6-8-22/h1-12,25-26,28-29,32-33H,13-19,30H2. The topological polar surface area (TPSA) is 88.2 Å². The molecule has 2 aliphatic heterocycles.